The van der Waals surface area contributed by atoms with E-state index in [1.807, 2.05) is 97.1 Å². The van der Waals surface area contributed by atoms with Crippen molar-refractivity contribution < 1.29 is 27.6 Å². The second-order valence-corrected chi connectivity index (χ2v) is 27.7. The molecule has 1 unspecified atom stereocenters. The van der Waals surface area contributed by atoms with Gasteiger partial charge in [0, 0.05) is 13.0 Å². The van der Waals surface area contributed by atoms with Gasteiger partial charge in [0.1, 0.15) is 24.4 Å². The van der Waals surface area contributed by atoms with Crippen LogP contribution in [-0.2, 0) is 54.0 Å². The van der Waals surface area contributed by atoms with Crippen molar-refractivity contribution in [3.05, 3.63) is 150 Å². The van der Waals surface area contributed by atoms with Crippen molar-refractivity contribution in [3.8, 4) is 0 Å². The topological polar surface area (TPSA) is 63.2 Å². The number of hydrogen-bond acceptors (Lipinski definition) is 6. The monoisotopic (exact) mass is 784 g/mol. The summed E-state index contributed by atoms with van der Waals surface area (Å²) in [5.74, 6) is 0. The van der Waals surface area contributed by atoms with Crippen LogP contribution in [0.25, 0.3) is 0 Å². The standard InChI is InChI=1S/C45H60O6SSi2/c1-35(2)54(36(3)4,30-20-29-53(5,6)7)51-44-43(49-33-39-25-16-10-17-26-39)42(48-32-38-23-14-9-15-24-38)41(34-47-31-37-21-12-8-13-22-37)50-45(44)52(46)40-27-18-11-19-28-40/h8-28,30,35-36,41-45H,29,31-34H2,1-7H3/b30-20+/t41-,42-,43+,44+,45-,52?/m1/s1. The van der Waals surface area contributed by atoms with E-state index in [1.165, 1.54) is 0 Å². The Bertz CT molecular complexity index is 1710. The molecule has 54 heavy (non-hydrogen) atoms. The fourth-order valence-electron chi connectivity index (χ4n) is 6.99. The summed E-state index contributed by atoms with van der Waals surface area (Å²) in [4.78, 5) is 0.682. The van der Waals surface area contributed by atoms with E-state index in [0.29, 0.717) is 24.7 Å². The fraction of sp³-hybridized carbons (Fsp3) is 0.422. The molecule has 0 bridgehead atoms. The van der Waals surface area contributed by atoms with Crippen LogP contribution >= 0.6 is 0 Å². The zero-order valence-corrected chi connectivity index (χ0v) is 36.0. The maximum atomic E-state index is 14.9. The highest BCUT2D eigenvalue weighted by molar-refractivity contribution is 7.85. The zero-order chi connectivity index (χ0) is 38.6. The Labute approximate surface area is 328 Å². The Hall–Kier alpha value is -3.00. The van der Waals surface area contributed by atoms with Gasteiger partial charge in [0.05, 0.1) is 37.2 Å². The molecule has 0 spiro atoms. The van der Waals surface area contributed by atoms with Gasteiger partial charge in [-0.1, -0.05) is 168 Å². The Kier molecular flexibility index (Phi) is 15.8. The molecule has 0 aliphatic carbocycles. The molecule has 0 N–H and O–H groups in total. The minimum atomic E-state index is -2.72. The number of allylic oxidation sites excluding steroid dienone is 1. The first-order chi connectivity index (χ1) is 26.0. The highest BCUT2D eigenvalue weighted by atomic mass is 32.2. The van der Waals surface area contributed by atoms with Crippen molar-refractivity contribution in [2.45, 2.75) is 119 Å². The lowest BCUT2D eigenvalue weighted by molar-refractivity contribution is -0.240. The molecule has 4 aromatic rings. The molecule has 1 saturated heterocycles. The first-order valence-corrected chi connectivity index (χ1v) is 26.4. The van der Waals surface area contributed by atoms with E-state index in [-0.39, 0.29) is 17.7 Å². The number of ether oxygens (including phenoxy) is 4. The van der Waals surface area contributed by atoms with Crippen molar-refractivity contribution in [2.75, 3.05) is 6.61 Å². The third-order valence-corrected chi connectivity index (χ3v) is 18.0. The van der Waals surface area contributed by atoms with Crippen LogP contribution in [0.5, 0.6) is 0 Å². The molecule has 0 radical (unpaired) electrons. The number of rotatable bonds is 19. The first-order valence-electron chi connectivity index (χ1n) is 19.4. The summed E-state index contributed by atoms with van der Waals surface area (Å²) in [7, 11) is -5.69. The van der Waals surface area contributed by atoms with Crippen molar-refractivity contribution in [1.29, 1.82) is 0 Å². The van der Waals surface area contributed by atoms with Crippen LogP contribution in [0.3, 0.4) is 0 Å². The van der Waals surface area contributed by atoms with Gasteiger partial charge < -0.3 is 23.4 Å². The summed E-state index contributed by atoms with van der Waals surface area (Å²) in [6.07, 6.45) is -0.133. The van der Waals surface area contributed by atoms with Crippen LogP contribution in [0.4, 0.5) is 0 Å². The number of benzene rings is 4. The molecule has 5 rings (SSSR count). The minimum absolute atomic E-state index is 0.224. The zero-order valence-electron chi connectivity index (χ0n) is 33.1. The smallest absolute Gasteiger partial charge is 0.222 e. The lowest BCUT2D eigenvalue weighted by Gasteiger charge is -2.50. The van der Waals surface area contributed by atoms with Gasteiger partial charge in [0.25, 0.3) is 0 Å². The Morgan fingerprint density at radius 3 is 1.59 bits per heavy atom. The molecule has 6 nitrogen and oxygen atoms in total. The van der Waals surface area contributed by atoms with Gasteiger partial charge in [-0.15, -0.1) is 0 Å². The molecule has 9 heteroatoms. The van der Waals surface area contributed by atoms with Crippen molar-refractivity contribution in [1.82, 2.24) is 0 Å². The van der Waals surface area contributed by atoms with Crippen LogP contribution in [0.1, 0.15) is 44.4 Å². The Morgan fingerprint density at radius 1 is 0.648 bits per heavy atom. The van der Waals surface area contributed by atoms with Gasteiger partial charge >= 0.3 is 0 Å². The van der Waals surface area contributed by atoms with Crippen LogP contribution in [0.2, 0.25) is 36.8 Å². The third kappa shape index (κ3) is 11.8. The van der Waals surface area contributed by atoms with Gasteiger partial charge in [-0.05, 0) is 45.9 Å². The molecule has 6 atom stereocenters. The molecule has 0 saturated carbocycles. The molecule has 1 heterocycles. The summed E-state index contributed by atoms with van der Waals surface area (Å²) >= 11 is 0. The van der Waals surface area contributed by atoms with Gasteiger partial charge in [0.15, 0.2) is 5.44 Å². The Balaban J connectivity index is 1.61. The SMILES string of the molecule is CC(C)[Si](/C=C/C[Si](C)(C)C)(O[C@H]1[C@@H](OCc2ccccc2)[C@H](OCc2ccccc2)[C@@H](COCc2ccccc2)O[C@@H]1S(=O)c1ccccc1)C(C)C. The predicted octanol–water partition coefficient (Wildman–Crippen LogP) is 10.5. The van der Waals surface area contributed by atoms with Crippen LogP contribution in [-0.4, -0.2) is 57.1 Å². The Morgan fingerprint density at radius 2 is 1.11 bits per heavy atom. The maximum Gasteiger partial charge on any atom is 0.222 e. The summed E-state index contributed by atoms with van der Waals surface area (Å²) in [6, 6.07) is 41.1. The van der Waals surface area contributed by atoms with Crippen molar-refractivity contribution >= 4 is 27.2 Å². The quantitative estimate of drug-likeness (QED) is 0.0883. The van der Waals surface area contributed by atoms with Crippen LogP contribution in [0, 0.1) is 0 Å². The van der Waals surface area contributed by atoms with Gasteiger partial charge in [-0.25, -0.2) is 0 Å². The van der Waals surface area contributed by atoms with E-state index in [4.69, 9.17) is 23.4 Å². The van der Waals surface area contributed by atoms with E-state index in [0.717, 1.165) is 22.7 Å². The third-order valence-electron chi connectivity index (χ3n) is 10.00. The summed E-state index contributed by atoms with van der Waals surface area (Å²) in [5, 5.41) is 0. The molecular weight excluding hydrogens is 725 g/mol. The van der Waals surface area contributed by atoms with Crippen LogP contribution in [0.15, 0.2) is 138 Å². The average Bonchev–Trinajstić information content (AvgIpc) is 3.17. The van der Waals surface area contributed by atoms with E-state index in [2.05, 4.69) is 83.4 Å². The largest absolute Gasteiger partial charge is 0.403 e. The fourth-order valence-corrected chi connectivity index (χ4v) is 13.5. The highest BCUT2D eigenvalue weighted by Gasteiger charge is 2.54. The molecule has 0 aromatic heterocycles. The van der Waals surface area contributed by atoms with Gasteiger partial charge in [-0.3, -0.25) is 4.21 Å². The maximum absolute atomic E-state index is 14.9. The van der Waals surface area contributed by atoms with Crippen LogP contribution < -0.4 is 0 Å². The molecule has 1 aliphatic rings. The second kappa shape index (κ2) is 20.3. The molecule has 290 valence electrons. The molecule has 4 aromatic carbocycles. The molecule has 0 amide bonds. The normalized spacial score (nSPS) is 21.5. The lowest BCUT2D eigenvalue weighted by atomic mass is 9.99. The molecule has 1 aliphatic heterocycles. The highest BCUT2D eigenvalue weighted by Crippen LogP contribution is 2.41. The van der Waals surface area contributed by atoms with E-state index in [1.54, 1.807) is 0 Å². The van der Waals surface area contributed by atoms with E-state index < -0.39 is 57.0 Å². The van der Waals surface area contributed by atoms with Crippen molar-refractivity contribution in [3.63, 3.8) is 0 Å². The second-order valence-electron chi connectivity index (χ2n) is 16.1. The summed E-state index contributed by atoms with van der Waals surface area (Å²) in [5.41, 5.74) is 5.16. The van der Waals surface area contributed by atoms with Gasteiger partial charge in [-0.2, -0.15) is 0 Å². The lowest BCUT2D eigenvalue weighted by Crippen LogP contribution is -2.65. The minimum Gasteiger partial charge on any atom is -0.403 e. The average molecular weight is 785 g/mol. The summed E-state index contributed by atoms with van der Waals surface area (Å²) < 4.78 is 50.0. The van der Waals surface area contributed by atoms with E-state index >= 15 is 0 Å². The molecule has 1 fully saturated rings. The van der Waals surface area contributed by atoms with E-state index in [9.17, 15) is 4.21 Å². The predicted molar refractivity (Wildman–Crippen MR) is 226 cm³/mol. The first kappa shape index (κ1) is 42.2. The summed E-state index contributed by atoms with van der Waals surface area (Å²) in [6.45, 7) is 17.6. The van der Waals surface area contributed by atoms with Gasteiger partial charge in [0.2, 0.25) is 8.32 Å². The van der Waals surface area contributed by atoms with Crippen molar-refractivity contribution in [2.24, 2.45) is 0 Å². The number of hydrogen-bond donors (Lipinski definition) is 0. The molecular formula is C45H60O6SSi2.